The lowest BCUT2D eigenvalue weighted by Gasteiger charge is -2.00. The third kappa shape index (κ3) is 3.86. The molecule has 0 aliphatic heterocycles. The van der Waals surface area contributed by atoms with Gasteiger partial charge in [0.1, 0.15) is 5.75 Å². The van der Waals surface area contributed by atoms with Crippen molar-refractivity contribution >= 4 is 31.1 Å². The normalized spacial score (nSPS) is 12.1. The van der Waals surface area contributed by atoms with Crippen molar-refractivity contribution < 1.29 is 13.2 Å². The highest BCUT2D eigenvalue weighted by Crippen LogP contribution is 2.22. The number of halogens is 1. The fourth-order valence-electron chi connectivity index (χ4n) is 1.46. The minimum absolute atomic E-state index is 0.247. The van der Waals surface area contributed by atoms with E-state index >= 15 is 0 Å². The SMILES string of the molecule is COc1ccc(I=NS(=O)(=O)c2ccc(C)cc2)cc1. The van der Waals surface area contributed by atoms with Crippen molar-refractivity contribution in [2.75, 3.05) is 7.11 Å². The number of rotatable bonds is 4. The van der Waals surface area contributed by atoms with Crippen LogP contribution in [-0.4, -0.2) is 15.5 Å². The summed E-state index contributed by atoms with van der Waals surface area (Å²) in [5, 5.41) is 0. The number of hydrogen-bond donors (Lipinski definition) is 0. The van der Waals surface area contributed by atoms with Crippen LogP contribution in [-0.2, 0) is 10.0 Å². The lowest BCUT2D eigenvalue weighted by molar-refractivity contribution is 0.414. The first-order valence-electron chi connectivity index (χ1n) is 5.83. The Balaban J connectivity index is 2.22. The van der Waals surface area contributed by atoms with Gasteiger partial charge < -0.3 is 4.74 Å². The minimum atomic E-state index is -3.55. The van der Waals surface area contributed by atoms with Gasteiger partial charge in [0.15, 0.2) is 0 Å². The van der Waals surface area contributed by atoms with Crippen LogP contribution in [0.4, 0.5) is 0 Å². The van der Waals surface area contributed by atoms with E-state index < -0.39 is 31.1 Å². The molecule has 106 valence electrons. The molecule has 2 aromatic rings. The lowest BCUT2D eigenvalue weighted by Crippen LogP contribution is -1.94. The van der Waals surface area contributed by atoms with E-state index in [1.165, 1.54) is 0 Å². The number of aryl methyl sites for hydroxylation is 1. The quantitative estimate of drug-likeness (QED) is 0.732. The van der Waals surface area contributed by atoms with Gasteiger partial charge in [0.2, 0.25) is 0 Å². The molecule has 0 saturated heterocycles. The van der Waals surface area contributed by atoms with Gasteiger partial charge in [0.25, 0.3) is 10.0 Å². The molecule has 2 rings (SSSR count). The van der Waals surface area contributed by atoms with Crippen molar-refractivity contribution in [3.05, 3.63) is 57.7 Å². The summed E-state index contributed by atoms with van der Waals surface area (Å²) in [5.41, 5.74) is 1.02. The summed E-state index contributed by atoms with van der Waals surface area (Å²) in [7, 11) is -1.95. The molecule has 0 N–H and O–H groups in total. The van der Waals surface area contributed by atoms with Gasteiger partial charge in [-0.15, -0.1) is 2.55 Å². The second-order valence-electron chi connectivity index (χ2n) is 4.10. The van der Waals surface area contributed by atoms with Crippen LogP contribution in [0.5, 0.6) is 5.75 Å². The van der Waals surface area contributed by atoms with Gasteiger partial charge in [-0.25, -0.2) is 0 Å². The Bertz CT molecular complexity index is 707. The van der Waals surface area contributed by atoms with Crippen LogP contribution in [0.2, 0.25) is 0 Å². The molecule has 0 atom stereocenters. The Morgan fingerprint density at radius 2 is 1.60 bits per heavy atom. The van der Waals surface area contributed by atoms with E-state index in [2.05, 4.69) is 2.55 Å². The molecule has 0 aromatic heterocycles. The molecule has 6 heteroatoms. The summed E-state index contributed by atoms with van der Waals surface area (Å²) in [5.74, 6) is 0.749. The number of sulfonamides is 1. The first-order valence-corrected chi connectivity index (χ1v) is 9.32. The smallest absolute Gasteiger partial charge is 0.286 e. The van der Waals surface area contributed by atoms with Gasteiger partial charge in [-0.3, -0.25) is 0 Å². The zero-order chi connectivity index (χ0) is 14.6. The molecule has 0 amide bonds. The summed E-state index contributed by atoms with van der Waals surface area (Å²) < 4.78 is 34.1. The largest absolute Gasteiger partial charge is 0.497 e. The highest BCUT2D eigenvalue weighted by atomic mass is 127. The molecule has 20 heavy (non-hydrogen) atoms. The monoisotopic (exact) mass is 403 g/mol. The summed E-state index contributed by atoms with van der Waals surface area (Å²) in [6.45, 7) is 1.91. The van der Waals surface area contributed by atoms with Gasteiger partial charge in [0.05, 0.1) is 12.0 Å². The van der Waals surface area contributed by atoms with Crippen LogP contribution in [0, 0.1) is 10.5 Å². The van der Waals surface area contributed by atoms with Gasteiger partial charge in [-0.05, 0) is 43.3 Å². The van der Waals surface area contributed by atoms with Crippen LogP contribution < -0.4 is 4.74 Å². The lowest BCUT2D eigenvalue weighted by atomic mass is 10.2. The highest BCUT2D eigenvalue weighted by Gasteiger charge is 2.11. The zero-order valence-corrected chi connectivity index (χ0v) is 14.1. The molecule has 0 saturated carbocycles. The number of benzene rings is 2. The van der Waals surface area contributed by atoms with E-state index in [-0.39, 0.29) is 4.90 Å². The fraction of sp³-hybridized carbons (Fsp3) is 0.143. The maximum Gasteiger partial charge on any atom is 0.286 e. The average Bonchev–Trinajstić information content (AvgIpc) is 2.46. The Kier molecular flexibility index (Phi) is 4.87. The zero-order valence-electron chi connectivity index (χ0n) is 11.1. The van der Waals surface area contributed by atoms with Crippen LogP contribution in [0.15, 0.2) is 56.0 Å². The summed E-state index contributed by atoms with van der Waals surface area (Å²) in [6.07, 6.45) is 0. The molecule has 0 aliphatic rings. The second-order valence-corrected chi connectivity index (χ2v) is 8.57. The van der Waals surface area contributed by atoms with Crippen molar-refractivity contribution in [3.63, 3.8) is 0 Å². The van der Waals surface area contributed by atoms with E-state index in [9.17, 15) is 8.42 Å². The predicted molar refractivity (Wildman–Crippen MR) is 86.5 cm³/mol. The second kappa shape index (κ2) is 6.45. The first kappa shape index (κ1) is 15.1. The summed E-state index contributed by atoms with van der Waals surface area (Å²) in [4.78, 5) is 0.247. The molecule has 0 radical (unpaired) electrons. The Hall–Kier alpha value is -1.28. The summed E-state index contributed by atoms with van der Waals surface area (Å²) >= 11 is -0.933. The van der Waals surface area contributed by atoms with Gasteiger partial charge in [0, 0.05) is 24.6 Å². The molecular weight excluding hydrogens is 389 g/mol. The number of ether oxygens (including phenoxy) is 1. The van der Waals surface area contributed by atoms with Crippen LogP contribution in [0.3, 0.4) is 0 Å². The van der Waals surface area contributed by atoms with Gasteiger partial charge in [-0.1, -0.05) is 17.7 Å². The fourth-order valence-corrected chi connectivity index (χ4v) is 5.02. The molecule has 0 fully saturated rings. The molecule has 0 aliphatic carbocycles. The average molecular weight is 403 g/mol. The van der Waals surface area contributed by atoms with Crippen molar-refractivity contribution in [2.24, 2.45) is 2.55 Å². The highest BCUT2D eigenvalue weighted by molar-refractivity contribution is 14.2. The van der Waals surface area contributed by atoms with Gasteiger partial charge >= 0.3 is 0 Å². The minimum Gasteiger partial charge on any atom is -0.497 e. The van der Waals surface area contributed by atoms with Gasteiger partial charge in [-0.2, -0.15) is 8.42 Å². The maximum atomic E-state index is 12.1. The molecule has 0 heterocycles. The third-order valence-corrected chi connectivity index (χ3v) is 7.13. The van der Waals surface area contributed by atoms with E-state index in [4.69, 9.17) is 4.74 Å². The maximum absolute atomic E-state index is 12.1. The molecule has 0 spiro atoms. The Labute approximate surface area is 129 Å². The molecular formula is C14H14INO3S. The standard InChI is InChI=1S/C14H14INO3S/c1-11-3-9-14(10-4-11)20(17,18)16-15-12-5-7-13(19-2)8-6-12/h3-10H,1-2H3. The van der Waals surface area contributed by atoms with Crippen LogP contribution in [0.1, 0.15) is 5.56 Å². The molecule has 2 aromatic carbocycles. The summed E-state index contributed by atoms with van der Waals surface area (Å²) in [6, 6.07) is 14.0. The number of methoxy groups -OCH3 is 1. The van der Waals surface area contributed by atoms with Crippen LogP contribution >= 0.6 is 21.0 Å². The van der Waals surface area contributed by atoms with E-state index in [0.717, 1.165) is 14.9 Å². The Morgan fingerprint density at radius 3 is 2.15 bits per heavy atom. The first-order chi connectivity index (χ1) is 9.51. The van der Waals surface area contributed by atoms with Crippen LogP contribution in [0.25, 0.3) is 0 Å². The van der Waals surface area contributed by atoms with Crippen molar-refractivity contribution in [1.82, 2.24) is 0 Å². The third-order valence-electron chi connectivity index (χ3n) is 2.59. The van der Waals surface area contributed by atoms with E-state index in [0.29, 0.717) is 0 Å². The van der Waals surface area contributed by atoms with E-state index in [1.54, 1.807) is 31.4 Å². The molecule has 0 unspecified atom stereocenters. The van der Waals surface area contributed by atoms with Crippen molar-refractivity contribution in [2.45, 2.75) is 11.8 Å². The predicted octanol–water partition coefficient (Wildman–Crippen LogP) is 3.72. The molecule has 4 nitrogen and oxygen atoms in total. The Morgan fingerprint density at radius 1 is 1.00 bits per heavy atom. The van der Waals surface area contributed by atoms with E-state index in [1.807, 2.05) is 31.2 Å². The number of hydrogen-bond acceptors (Lipinski definition) is 3. The molecule has 0 bridgehead atoms. The number of nitrogens with zero attached hydrogens (tertiary/aromatic N) is 1. The van der Waals surface area contributed by atoms with Crippen molar-refractivity contribution in [3.8, 4) is 5.75 Å². The topological polar surface area (TPSA) is 55.7 Å². The van der Waals surface area contributed by atoms with Crippen molar-refractivity contribution in [1.29, 1.82) is 0 Å².